The summed E-state index contributed by atoms with van der Waals surface area (Å²) in [5, 5.41) is 8.53. The van der Waals surface area contributed by atoms with E-state index >= 15 is 0 Å². The molecule has 0 unspecified atom stereocenters. The molecule has 2 fully saturated rings. The lowest BCUT2D eigenvalue weighted by Gasteiger charge is -2.34. The van der Waals surface area contributed by atoms with Crippen LogP contribution in [0.5, 0.6) is 0 Å². The van der Waals surface area contributed by atoms with E-state index in [0.29, 0.717) is 31.6 Å². The Bertz CT molecular complexity index is 766. The van der Waals surface area contributed by atoms with Gasteiger partial charge in [-0.25, -0.2) is 4.79 Å². The fourth-order valence-corrected chi connectivity index (χ4v) is 3.82. The lowest BCUT2D eigenvalue weighted by molar-refractivity contribution is -0.147. The van der Waals surface area contributed by atoms with Gasteiger partial charge in [-0.2, -0.15) is 0 Å². The summed E-state index contributed by atoms with van der Waals surface area (Å²) in [5.41, 5.74) is 8.46. The molecule has 8 nitrogen and oxygen atoms in total. The van der Waals surface area contributed by atoms with Gasteiger partial charge in [-0.15, -0.1) is 0 Å². The minimum Gasteiger partial charge on any atom is -0.343 e. The first-order valence-corrected chi connectivity index (χ1v) is 9.84. The zero-order valence-corrected chi connectivity index (χ0v) is 16.5. The Labute approximate surface area is 165 Å². The van der Waals surface area contributed by atoms with Crippen LogP contribution in [0.3, 0.4) is 0 Å². The van der Waals surface area contributed by atoms with Gasteiger partial charge in [-0.1, -0.05) is 6.07 Å². The van der Waals surface area contributed by atoms with Gasteiger partial charge in [0, 0.05) is 12.2 Å². The topological polar surface area (TPSA) is 117 Å². The summed E-state index contributed by atoms with van der Waals surface area (Å²) >= 11 is 0. The SMILES string of the molecule is Cc1ccc(NC(=O)N[C@H]2C[C@H]3C(=O)N[C@@H](CCCCN)C(=O)N3C2)cc1C. The normalized spacial score (nSPS) is 24.0. The zero-order valence-electron chi connectivity index (χ0n) is 16.5. The van der Waals surface area contributed by atoms with Crippen molar-refractivity contribution in [1.82, 2.24) is 15.5 Å². The second-order valence-corrected chi connectivity index (χ2v) is 7.68. The van der Waals surface area contributed by atoms with Crippen molar-refractivity contribution in [3.8, 4) is 0 Å². The third kappa shape index (κ3) is 4.44. The monoisotopic (exact) mass is 387 g/mol. The number of carbonyl (C=O) groups is 3. The van der Waals surface area contributed by atoms with Crippen molar-refractivity contribution in [3.63, 3.8) is 0 Å². The van der Waals surface area contributed by atoms with Gasteiger partial charge in [0.25, 0.3) is 0 Å². The van der Waals surface area contributed by atoms with Crippen molar-refractivity contribution < 1.29 is 14.4 Å². The molecular formula is C20H29N5O3. The summed E-state index contributed by atoms with van der Waals surface area (Å²) in [5.74, 6) is -0.211. The van der Waals surface area contributed by atoms with Gasteiger partial charge in [0.15, 0.2) is 0 Å². The third-order valence-corrected chi connectivity index (χ3v) is 5.55. The van der Waals surface area contributed by atoms with Crippen LogP contribution < -0.4 is 21.7 Å². The van der Waals surface area contributed by atoms with Crippen LogP contribution in [0.4, 0.5) is 10.5 Å². The first-order valence-electron chi connectivity index (χ1n) is 9.84. The van der Waals surface area contributed by atoms with E-state index in [-0.39, 0.29) is 23.9 Å². The molecule has 2 saturated heterocycles. The van der Waals surface area contributed by atoms with E-state index < -0.39 is 12.1 Å². The van der Waals surface area contributed by atoms with Gasteiger partial charge >= 0.3 is 6.03 Å². The zero-order chi connectivity index (χ0) is 20.3. The number of hydrogen-bond acceptors (Lipinski definition) is 4. The highest BCUT2D eigenvalue weighted by atomic mass is 16.2. The fourth-order valence-electron chi connectivity index (χ4n) is 3.82. The molecule has 3 rings (SSSR count). The molecule has 1 aromatic carbocycles. The molecule has 2 aliphatic rings. The van der Waals surface area contributed by atoms with E-state index in [0.717, 1.165) is 24.0 Å². The lowest BCUT2D eigenvalue weighted by Crippen LogP contribution is -2.61. The number of nitrogens with one attached hydrogen (secondary N) is 3. The highest BCUT2D eigenvalue weighted by Gasteiger charge is 2.46. The Kier molecular flexibility index (Phi) is 6.18. The van der Waals surface area contributed by atoms with E-state index in [9.17, 15) is 14.4 Å². The molecule has 3 atom stereocenters. The first kappa shape index (κ1) is 20.1. The van der Waals surface area contributed by atoms with Gasteiger partial charge in [0.1, 0.15) is 12.1 Å². The number of rotatable bonds is 6. The molecule has 0 radical (unpaired) electrons. The van der Waals surface area contributed by atoms with Crippen molar-refractivity contribution >= 4 is 23.5 Å². The molecule has 2 aliphatic heterocycles. The largest absolute Gasteiger partial charge is 0.343 e. The smallest absolute Gasteiger partial charge is 0.319 e. The average Bonchev–Trinajstić information content (AvgIpc) is 3.07. The summed E-state index contributed by atoms with van der Waals surface area (Å²) in [6, 6.07) is 4.13. The molecule has 5 N–H and O–H groups in total. The number of aryl methyl sites for hydroxylation is 2. The molecule has 152 valence electrons. The maximum atomic E-state index is 12.7. The van der Waals surface area contributed by atoms with Crippen LogP contribution in [0.25, 0.3) is 0 Å². The highest BCUT2D eigenvalue weighted by molar-refractivity contribution is 5.98. The number of nitrogens with two attached hydrogens (primary N) is 1. The summed E-state index contributed by atoms with van der Waals surface area (Å²) in [6.45, 7) is 4.92. The molecule has 1 aromatic rings. The standard InChI is InChI=1S/C20H29N5O3/c1-12-6-7-14(9-13(12)2)22-20(28)23-15-10-17-18(26)24-16(5-3-4-8-21)19(27)25(17)11-15/h6-7,9,15-17H,3-5,8,10-11,21H2,1-2H3,(H,24,26)(H2,22,23,28)/t15-,16-,17-/m0/s1. The van der Waals surface area contributed by atoms with E-state index in [1.165, 1.54) is 0 Å². The molecule has 4 amide bonds. The predicted molar refractivity (Wildman–Crippen MR) is 107 cm³/mol. The first-order chi connectivity index (χ1) is 13.4. The number of urea groups is 1. The molecule has 2 heterocycles. The molecule has 8 heteroatoms. The van der Waals surface area contributed by atoms with Crippen molar-refractivity contribution in [2.24, 2.45) is 5.73 Å². The van der Waals surface area contributed by atoms with Gasteiger partial charge in [-0.05, 0) is 69.3 Å². The van der Waals surface area contributed by atoms with Crippen LogP contribution in [-0.4, -0.2) is 54.0 Å². The molecule has 0 bridgehead atoms. The van der Waals surface area contributed by atoms with Crippen LogP contribution in [0.1, 0.15) is 36.8 Å². The predicted octanol–water partition coefficient (Wildman–Crippen LogP) is 1.02. The Morgan fingerprint density at radius 1 is 1.25 bits per heavy atom. The number of benzene rings is 1. The van der Waals surface area contributed by atoms with Crippen LogP contribution in [0, 0.1) is 13.8 Å². The molecule has 28 heavy (non-hydrogen) atoms. The number of amides is 4. The van der Waals surface area contributed by atoms with Crippen molar-refractivity contribution in [2.75, 3.05) is 18.4 Å². The number of carbonyl (C=O) groups excluding carboxylic acids is 3. The van der Waals surface area contributed by atoms with Crippen molar-refractivity contribution in [3.05, 3.63) is 29.3 Å². The number of unbranched alkanes of at least 4 members (excludes halogenated alkanes) is 1. The van der Waals surface area contributed by atoms with Gasteiger partial charge in [0.05, 0.1) is 6.04 Å². The maximum absolute atomic E-state index is 12.7. The minimum atomic E-state index is -0.509. The number of nitrogens with zero attached hydrogens (tertiary/aromatic N) is 1. The van der Waals surface area contributed by atoms with Gasteiger partial charge in [0.2, 0.25) is 11.8 Å². The summed E-state index contributed by atoms with van der Waals surface area (Å²) in [7, 11) is 0. The number of fused-ring (bicyclic) bond motifs is 1. The summed E-state index contributed by atoms with van der Waals surface area (Å²) in [4.78, 5) is 39.0. The highest BCUT2D eigenvalue weighted by Crippen LogP contribution is 2.24. The second-order valence-electron chi connectivity index (χ2n) is 7.68. The third-order valence-electron chi connectivity index (χ3n) is 5.55. The van der Waals surface area contributed by atoms with E-state index in [2.05, 4.69) is 16.0 Å². The van der Waals surface area contributed by atoms with Crippen LogP contribution >= 0.6 is 0 Å². The summed E-state index contributed by atoms with van der Waals surface area (Å²) in [6.07, 6.45) is 2.64. The van der Waals surface area contributed by atoms with Crippen LogP contribution in [0.15, 0.2) is 18.2 Å². The minimum absolute atomic E-state index is 0.0690. The van der Waals surface area contributed by atoms with Crippen molar-refractivity contribution in [2.45, 2.75) is 57.7 Å². The number of piperazine rings is 1. The molecular weight excluding hydrogens is 358 g/mol. The van der Waals surface area contributed by atoms with Gasteiger partial charge in [-0.3, -0.25) is 9.59 Å². The molecule has 0 aliphatic carbocycles. The maximum Gasteiger partial charge on any atom is 0.319 e. The van der Waals surface area contributed by atoms with Crippen LogP contribution in [0.2, 0.25) is 0 Å². The van der Waals surface area contributed by atoms with E-state index in [1.807, 2.05) is 32.0 Å². The lowest BCUT2D eigenvalue weighted by atomic mass is 10.0. The second kappa shape index (κ2) is 8.60. The quantitative estimate of drug-likeness (QED) is 0.545. The molecule has 0 saturated carbocycles. The average molecular weight is 387 g/mol. The number of anilines is 1. The Hall–Kier alpha value is -2.61. The van der Waals surface area contributed by atoms with Crippen LogP contribution in [-0.2, 0) is 9.59 Å². The number of hydrogen-bond donors (Lipinski definition) is 4. The Morgan fingerprint density at radius 2 is 2.04 bits per heavy atom. The van der Waals surface area contributed by atoms with Gasteiger partial charge < -0.3 is 26.6 Å². The fraction of sp³-hybridized carbons (Fsp3) is 0.550. The van der Waals surface area contributed by atoms with E-state index in [4.69, 9.17) is 5.73 Å². The molecule has 0 spiro atoms. The van der Waals surface area contributed by atoms with Crippen molar-refractivity contribution in [1.29, 1.82) is 0 Å². The van der Waals surface area contributed by atoms with E-state index in [1.54, 1.807) is 4.90 Å². The Balaban J connectivity index is 1.56. The molecule has 0 aromatic heterocycles. The Morgan fingerprint density at radius 3 is 2.75 bits per heavy atom. The summed E-state index contributed by atoms with van der Waals surface area (Å²) < 4.78 is 0.